The van der Waals surface area contributed by atoms with Gasteiger partial charge in [0, 0.05) is 0 Å². The lowest BCUT2D eigenvalue weighted by atomic mass is 9.76. The molecular formula is C20H21N5O5S2. The van der Waals surface area contributed by atoms with Crippen LogP contribution in [0.4, 0.5) is 9.93 Å². The molecule has 2 N–H and O–H groups in total. The zero-order chi connectivity index (χ0) is 22.7. The molecule has 2 heterocycles. The van der Waals surface area contributed by atoms with Crippen molar-refractivity contribution in [2.45, 2.75) is 36.1 Å². The molecule has 1 saturated heterocycles. The van der Waals surface area contributed by atoms with Crippen LogP contribution >= 0.6 is 23.1 Å². The predicted molar refractivity (Wildman–Crippen MR) is 117 cm³/mol. The number of nitrogens with zero attached hydrogens (tertiary/aromatic N) is 3. The monoisotopic (exact) mass is 475 g/mol. The highest BCUT2D eigenvalue weighted by Gasteiger charge is 2.54. The van der Waals surface area contributed by atoms with Crippen LogP contribution in [-0.4, -0.2) is 57.8 Å². The van der Waals surface area contributed by atoms with Gasteiger partial charge in [0.1, 0.15) is 12.1 Å². The number of thioether (sulfide) groups is 1. The molecule has 1 aliphatic carbocycles. The molecule has 2 aliphatic rings. The first-order valence-corrected chi connectivity index (χ1v) is 11.9. The third-order valence-electron chi connectivity index (χ3n) is 5.22. The summed E-state index contributed by atoms with van der Waals surface area (Å²) in [5.41, 5.74) is 0.701. The Morgan fingerprint density at radius 2 is 2.12 bits per heavy atom. The Bertz CT molecular complexity index is 1070. The molecule has 0 radical (unpaired) electrons. The summed E-state index contributed by atoms with van der Waals surface area (Å²) in [5, 5.41) is 13.4. The number of carbonyl (C=O) groups is 4. The van der Waals surface area contributed by atoms with Crippen molar-refractivity contribution >= 4 is 52.0 Å². The number of benzene rings is 1. The number of ether oxygens (including phenoxy) is 1. The second-order valence-electron chi connectivity index (χ2n) is 7.25. The summed E-state index contributed by atoms with van der Waals surface area (Å²) in [4.78, 5) is 50.7. The molecule has 168 valence electrons. The molecule has 12 heteroatoms. The summed E-state index contributed by atoms with van der Waals surface area (Å²) in [6, 6.07) is 6.97. The van der Waals surface area contributed by atoms with Crippen LogP contribution in [0.25, 0.3) is 0 Å². The first-order valence-electron chi connectivity index (χ1n) is 10.1. The minimum Gasteiger partial charge on any atom is -0.465 e. The summed E-state index contributed by atoms with van der Waals surface area (Å²) >= 11 is 2.24. The lowest BCUT2D eigenvalue weighted by Gasteiger charge is -2.33. The Kier molecular flexibility index (Phi) is 6.42. The van der Waals surface area contributed by atoms with E-state index in [1.807, 2.05) is 24.3 Å². The smallest absolute Gasteiger partial charge is 0.325 e. The molecule has 4 rings (SSSR count). The molecule has 1 aliphatic heterocycles. The average Bonchev–Trinajstić information content (AvgIpc) is 3.31. The minimum absolute atomic E-state index is 0.0857. The highest BCUT2D eigenvalue weighted by atomic mass is 32.2. The molecular weight excluding hydrogens is 454 g/mol. The lowest BCUT2D eigenvalue weighted by Crippen LogP contribution is -2.47. The number of rotatable bonds is 7. The van der Waals surface area contributed by atoms with Crippen LogP contribution in [-0.2, 0) is 31.1 Å². The van der Waals surface area contributed by atoms with Crippen LogP contribution in [0.15, 0.2) is 28.6 Å². The van der Waals surface area contributed by atoms with Crippen molar-refractivity contribution in [1.29, 1.82) is 0 Å². The van der Waals surface area contributed by atoms with E-state index in [4.69, 9.17) is 4.74 Å². The molecule has 1 fully saturated rings. The quantitative estimate of drug-likeness (QED) is 0.269. The fourth-order valence-corrected chi connectivity index (χ4v) is 5.47. The zero-order valence-corrected chi connectivity index (χ0v) is 18.9. The lowest BCUT2D eigenvalue weighted by molar-refractivity contribution is -0.139. The highest BCUT2D eigenvalue weighted by molar-refractivity contribution is 8.01. The number of aryl methyl sites for hydroxylation is 1. The van der Waals surface area contributed by atoms with E-state index in [0.29, 0.717) is 17.4 Å². The molecule has 1 spiro atoms. The van der Waals surface area contributed by atoms with Crippen molar-refractivity contribution in [2.75, 3.05) is 24.2 Å². The number of fused-ring (bicyclic) bond motifs is 2. The second kappa shape index (κ2) is 9.25. The maximum Gasteiger partial charge on any atom is 0.325 e. The van der Waals surface area contributed by atoms with Crippen LogP contribution in [0.1, 0.15) is 30.9 Å². The number of esters is 1. The first-order chi connectivity index (χ1) is 15.4. The van der Waals surface area contributed by atoms with Gasteiger partial charge < -0.3 is 10.1 Å². The maximum atomic E-state index is 13.2. The molecule has 1 aromatic carbocycles. The van der Waals surface area contributed by atoms with Gasteiger partial charge >= 0.3 is 12.0 Å². The Morgan fingerprint density at radius 1 is 1.31 bits per heavy atom. The van der Waals surface area contributed by atoms with Crippen LogP contribution in [0.2, 0.25) is 0 Å². The molecule has 4 amide bonds. The normalized spacial score (nSPS) is 19.6. The number of hydrogen-bond acceptors (Lipinski definition) is 9. The van der Waals surface area contributed by atoms with Crippen molar-refractivity contribution in [1.82, 2.24) is 20.4 Å². The van der Waals surface area contributed by atoms with Gasteiger partial charge in [-0.3, -0.25) is 24.6 Å². The number of urea groups is 1. The minimum atomic E-state index is -1.12. The molecule has 0 bridgehead atoms. The van der Waals surface area contributed by atoms with E-state index < -0.39 is 29.9 Å². The molecule has 2 aromatic rings. The summed E-state index contributed by atoms with van der Waals surface area (Å²) < 4.78 is 5.34. The van der Waals surface area contributed by atoms with Gasteiger partial charge in [-0.1, -0.05) is 47.4 Å². The highest BCUT2D eigenvalue weighted by Crippen LogP contribution is 2.39. The van der Waals surface area contributed by atoms with E-state index in [9.17, 15) is 19.2 Å². The molecule has 0 saturated carbocycles. The third kappa shape index (κ3) is 4.32. The number of hydrogen-bond donors (Lipinski definition) is 2. The van der Waals surface area contributed by atoms with Crippen molar-refractivity contribution < 1.29 is 23.9 Å². The zero-order valence-electron chi connectivity index (χ0n) is 17.3. The largest absolute Gasteiger partial charge is 0.465 e. The van der Waals surface area contributed by atoms with E-state index in [0.717, 1.165) is 52.0 Å². The molecule has 1 atom stereocenters. The van der Waals surface area contributed by atoms with Crippen molar-refractivity contribution in [3.8, 4) is 0 Å². The number of imide groups is 1. The van der Waals surface area contributed by atoms with E-state index in [-0.39, 0.29) is 16.9 Å². The molecule has 1 aromatic heterocycles. The fraction of sp³-hybridized carbons (Fsp3) is 0.400. The van der Waals surface area contributed by atoms with Gasteiger partial charge in [-0.25, -0.2) is 4.79 Å². The van der Waals surface area contributed by atoms with Gasteiger partial charge in [-0.2, -0.15) is 0 Å². The van der Waals surface area contributed by atoms with Crippen LogP contribution in [0.3, 0.4) is 0 Å². The van der Waals surface area contributed by atoms with Gasteiger partial charge in [0.25, 0.3) is 5.91 Å². The molecule has 32 heavy (non-hydrogen) atoms. The Hall–Kier alpha value is -2.99. The number of nitrogens with one attached hydrogen (secondary N) is 2. The summed E-state index contributed by atoms with van der Waals surface area (Å²) in [5.74, 6) is -1.27. The number of anilines is 1. The van der Waals surface area contributed by atoms with E-state index >= 15 is 0 Å². The second-order valence-corrected chi connectivity index (χ2v) is 9.45. The van der Waals surface area contributed by atoms with E-state index in [1.54, 1.807) is 6.92 Å². The summed E-state index contributed by atoms with van der Waals surface area (Å²) in [7, 11) is 0. The first kappa shape index (κ1) is 22.2. The van der Waals surface area contributed by atoms with Crippen molar-refractivity contribution in [2.24, 2.45) is 0 Å². The van der Waals surface area contributed by atoms with Crippen LogP contribution < -0.4 is 10.6 Å². The summed E-state index contributed by atoms with van der Waals surface area (Å²) in [6.07, 6.45) is 2.10. The van der Waals surface area contributed by atoms with Gasteiger partial charge in [0.15, 0.2) is 4.34 Å². The fourth-order valence-electron chi connectivity index (χ4n) is 3.90. The van der Waals surface area contributed by atoms with Crippen LogP contribution in [0.5, 0.6) is 0 Å². The standard InChI is InChI=1S/C20H21N5O5S2/c1-2-30-15(27)11-31-19-24-23-17(32-19)21-14(26)10-25-16(28)20(22-18(25)29)9-5-7-12-6-3-4-8-13(12)20/h3-4,6,8H,2,5,7,9-11H2,1H3,(H,22,29)(H,21,23,26). The Labute approximate surface area is 192 Å². The SMILES string of the molecule is CCOC(=O)CSc1nnc(NC(=O)CN2C(=O)NC3(CCCc4ccccc43)C2=O)s1. The number of aromatic nitrogens is 2. The summed E-state index contributed by atoms with van der Waals surface area (Å²) in [6.45, 7) is 1.59. The van der Waals surface area contributed by atoms with E-state index in [1.165, 1.54) is 0 Å². The third-order valence-corrected chi connectivity index (χ3v) is 7.17. The topological polar surface area (TPSA) is 131 Å². The van der Waals surface area contributed by atoms with E-state index in [2.05, 4.69) is 20.8 Å². The Balaban J connectivity index is 1.39. The maximum absolute atomic E-state index is 13.2. The molecule has 1 unspecified atom stereocenters. The van der Waals surface area contributed by atoms with Crippen LogP contribution in [0, 0.1) is 0 Å². The Morgan fingerprint density at radius 3 is 2.94 bits per heavy atom. The number of carbonyl (C=O) groups excluding carboxylic acids is 4. The average molecular weight is 476 g/mol. The van der Waals surface area contributed by atoms with Gasteiger partial charge in [-0.15, -0.1) is 10.2 Å². The van der Waals surface area contributed by atoms with Gasteiger partial charge in [-0.05, 0) is 37.3 Å². The van der Waals surface area contributed by atoms with Crippen molar-refractivity contribution in [3.63, 3.8) is 0 Å². The van der Waals surface area contributed by atoms with Crippen molar-refractivity contribution in [3.05, 3.63) is 35.4 Å². The predicted octanol–water partition coefficient (Wildman–Crippen LogP) is 1.92. The number of amides is 4. The van der Waals surface area contributed by atoms with Gasteiger partial charge in [0.2, 0.25) is 11.0 Å². The van der Waals surface area contributed by atoms with Gasteiger partial charge in [0.05, 0.1) is 12.4 Å². The molecule has 10 nitrogen and oxygen atoms in total.